The van der Waals surface area contributed by atoms with Crippen LogP contribution in [0.1, 0.15) is 50.4 Å². The molecule has 1 saturated carbocycles. The summed E-state index contributed by atoms with van der Waals surface area (Å²) < 4.78 is 3.25. The van der Waals surface area contributed by atoms with Crippen LogP contribution < -0.4 is 5.32 Å². The number of aryl methyl sites for hydroxylation is 2. The second-order valence-electron chi connectivity index (χ2n) is 5.78. The predicted molar refractivity (Wildman–Crippen MR) is 83.4 cm³/mol. The molecule has 2 rings (SSSR count). The summed E-state index contributed by atoms with van der Waals surface area (Å²) in [6.45, 7) is 5.46. The minimum absolute atomic E-state index is 0.691. The van der Waals surface area contributed by atoms with E-state index in [1.165, 1.54) is 42.3 Å². The number of nitrogens with zero attached hydrogens (tertiary/aromatic N) is 2. The molecule has 1 heterocycles. The highest BCUT2D eigenvalue weighted by molar-refractivity contribution is 9.10. The van der Waals surface area contributed by atoms with E-state index in [1.54, 1.807) is 0 Å². The molecule has 0 aliphatic heterocycles. The zero-order valence-corrected chi connectivity index (χ0v) is 14.0. The van der Waals surface area contributed by atoms with Crippen molar-refractivity contribution in [3.05, 3.63) is 15.9 Å². The van der Waals surface area contributed by atoms with E-state index in [1.807, 2.05) is 4.68 Å². The molecule has 0 aromatic carbocycles. The topological polar surface area (TPSA) is 29.9 Å². The summed E-state index contributed by atoms with van der Waals surface area (Å²) in [4.78, 5) is 0. The number of nitrogens with one attached hydrogen (secondary N) is 1. The van der Waals surface area contributed by atoms with Gasteiger partial charge in [-0.15, -0.1) is 0 Å². The standard InChI is InChI=1S/C15H26BrN3/c1-4-9-17-13-8-6-5-7-12(13)10-14-15(16)11(2)18-19(14)3/h12-13,17H,4-10H2,1-3H3. The normalized spacial score (nSPS) is 23.8. The van der Waals surface area contributed by atoms with Gasteiger partial charge in [-0.1, -0.05) is 19.8 Å². The van der Waals surface area contributed by atoms with Crippen molar-refractivity contribution >= 4 is 15.9 Å². The fraction of sp³-hybridized carbons (Fsp3) is 0.800. The predicted octanol–water partition coefficient (Wildman–Crippen LogP) is 3.59. The van der Waals surface area contributed by atoms with Gasteiger partial charge in [0.05, 0.1) is 15.9 Å². The Balaban J connectivity index is 2.06. The Labute approximate surface area is 125 Å². The molecule has 0 saturated heterocycles. The van der Waals surface area contributed by atoms with E-state index in [2.05, 4.69) is 47.2 Å². The van der Waals surface area contributed by atoms with E-state index < -0.39 is 0 Å². The number of aromatic nitrogens is 2. The Bertz CT molecular complexity index is 414. The van der Waals surface area contributed by atoms with Crippen LogP contribution in [-0.2, 0) is 13.5 Å². The maximum atomic E-state index is 4.51. The molecule has 1 fully saturated rings. The lowest BCUT2D eigenvalue weighted by Gasteiger charge is -2.32. The van der Waals surface area contributed by atoms with Crippen LogP contribution in [0, 0.1) is 12.8 Å². The Morgan fingerprint density at radius 2 is 2.11 bits per heavy atom. The average Bonchev–Trinajstić information content (AvgIpc) is 2.64. The summed E-state index contributed by atoms with van der Waals surface area (Å²) >= 11 is 3.70. The fourth-order valence-electron chi connectivity index (χ4n) is 3.20. The maximum Gasteiger partial charge on any atom is 0.0738 e. The number of hydrogen-bond donors (Lipinski definition) is 1. The Morgan fingerprint density at radius 1 is 1.37 bits per heavy atom. The minimum atomic E-state index is 0.691. The van der Waals surface area contributed by atoms with Gasteiger partial charge in [-0.25, -0.2) is 0 Å². The lowest BCUT2D eigenvalue weighted by atomic mass is 9.81. The number of halogens is 1. The monoisotopic (exact) mass is 327 g/mol. The highest BCUT2D eigenvalue weighted by atomic mass is 79.9. The molecule has 0 bridgehead atoms. The molecule has 0 spiro atoms. The van der Waals surface area contributed by atoms with Crippen molar-refractivity contribution in [3.8, 4) is 0 Å². The van der Waals surface area contributed by atoms with Crippen LogP contribution in [0.3, 0.4) is 0 Å². The van der Waals surface area contributed by atoms with Crippen LogP contribution in [0.25, 0.3) is 0 Å². The molecular weight excluding hydrogens is 302 g/mol. The summed E-state index contributed by atoms with van der Waals surface area (Å²) in [6, 6.07) is 0.691. The maximum absolute atomic E-state index is 4.51. The highest BCUT2D eigenvalue weighted by Crippen LogP contribution is 2.30. The average molecular weight is 328 g/mol. The number of hydrogen-bond acceptors (Lipinski definition) is 2. The van der Waals surface area contributed by atoms with Gasteiger partial charge in [0.1, 0.15) is 0 Å². The van der Waals surface area contributed by atoms with Gasteiger partial charge in [-0.05, 0) is 61.0 Å². The van der Waals surface area contributed by atoms with Gasteiger partial charge in [0.15, 0.2) is 0 Å². The molecule has 1 aromatic heterocycles. The first-order valence-corrected chi connectivity index (χ1v) is 8.34. The summed E-state index contributed by atoms with van der Waals surface area (Å²) in [7, 11) is 2.06. The van der Waals surface area contributed by atoms with E-state index in [0.717, 1.165) is 24.6 Å². The quantitative estimate of drug-likeness (QED) is 0.895. The molecule has 3 nitrogen and oxygen atoms in total. The summed E-state index contributed by atoms with van der Waals surface area (Å²) in [5.41, 5.74) is 2.46. The molecule has 1 aliphatic carbocycles. The molecule has 4 heteroatoms. The molecule has 1 N–H and O–H groups in total. The second kappa shape index (κ2) is 6.89. The van der Waals surface area contributed by atoms with E-state index in [0.29, 0.717) is 6.04 Å². The first-order chi connectivity index (χ1) is 9.13. The van der Waals surface area contributed by atoms with Gasteiger partial charge < -0.3 is 5.32 Å². The van der Waals surface area contributed by atoms with E-state index in [9.17, 15) is 0 Å². The lowest BCUT2D eigenvalue weighted by molar-refractivity contribution is 0.258. The molecule has 108 valence electrons. The SMILES string of the molecule is CCCNC1CCCCC1Cc1c(Br)c(C)nn1C. The number of rotatable bonds is 5. The van der Waals surface area contributed by atoms with Crippen LogP contribution in [-0.4, -0.2) is 22.4 Å². The molecule has 0 radical (unpaired) electrons. The summed E-state index contributed by atoms with van der Waals surface area (Å²) in [5.74, 6) is 0.756. The van der Waals surface area contributed by atoms with Gasteiger partial charge in [0.2, 0.25) is 0 Å². The van der Waals surface area contributed by atoms with Crippen molar-refractivity contribution in [1.82, 2.24) is 15.1 Å². The van der Waals surface area contributed by atoms with Crippen LogP contribution in [0.2, 0.25) is 0 Å². The zero-order chi connectivity index (χ0) is 13.8. The Hall–Kier alpha value is -0.350. The van der Waals surface area contributed by atoms with Gasteiger partial charge >= 0.3 is 0 Å². The molecule has 19 heavy (non-hydrogen) atoms. The Morgan fingerprint density at radius 3 is 2.74 bits per heavy atom. The third-order valence-corrected chi connectivity index (χ3v) is 5.31. The smallest absolute Gasteiger partial charge is 0.0738 e. The van der Waals surface area contributed by atoms with Gasteiger partial charge in [-0.2, -0.15) is 5.10 Å². The molecule has 2 atom stereocenters. The van der Waals surface area contributed by atoms with Crippen LogP contribution in [0.4, 0.5) is 0 Å². The van der Waals surface area contributed by atoms with Gasteiger partial charge in [0.25, 0.3) is 0 Å². The molecule has 1 aliphatic rings. The largest absolute Gasteiger partial charge is 0.314 e. The van der Waals surface area contributed by atoms with Gasteiger partial charge in [-0.3, -0.25) is 4.68 Å². The van der Waals surface area contributed by atoms with Crippen molar-refractivity contribution in [3.63, 3.8) is 0 Å². The van der Waals surface area contributed by atoms with Crippen LogP contribution >= 0.6 is 15.9 Å². The molecule has 0 amide bonds. The van der Waals surface area contributed by atoms with Crippen molar-refractivity contribution in [1.29, 1.82) is 0 Å². The van der Waals surface area contributed by atoms with Crippen LogP contribution in [0.5, 0.6) is 0 Å². The van der Waals surface area contributed by atoms with Crippen molar-refractivity contribution in [2.24, 2.45) is 13.0 Å². The van der Waals surface area contributed by atoms with Crippen LogP contribution in [0.15, 0.2) is 4.47 Å². The molecular formula is C15H26BrN3. The van der Waals surface area contributed by atoms with E-state index >= 15 is 0 Å². The lowest BCUT2D eigenvalue weighted by Crippen LogP contribution is -2.40. The first-order valence-electron chi connectivity index (χ1n) is 7.54. The second-order valence-corrected chi connectivity index (χ2v) is 6.57. The summed E-state index contributed by atoms with van der Waals surface area (Å²) in [6.07, 6.45) is 7.79. The first kappa shape index (κ1) is 15.0. The van der Waals surface area contributed by atoms with Gasteiger partial charge in [0, 0.05) is 13.1 Å². The van der Waals surface area contributed by atoms with Crippen molar-refractivity contribution in [2.75, 3.05) is 6.54 Å². The third-order valence-electron chi connectivity index (χ3n) is 4.28. The molecule has 1 aromatic rings. The Kier molecular flexibility index (Phi) is 5.46. The van der Waals surface area contributed by atoms with E-state index in [-0.39, 0.29) is 0 Å². The highest BCUT2D eigenvalue weighted by Gasteiger charge is 2.26. The summed E-state index contributed by atoms with van der Waals surface area (Å²) in [5, 5.41) is 8.26. The fourth-order valence-corrected chi connectivity index (χ4v) is 3.70. The minimum Gasteiger partial charge on any atom is -0.314 e. The third kappa shape index (κ3) is 3.60. The van der Waals surface area contributed by atoms with Crippen molar-refractivity contribution in [2.45, 2.75) is 58.4 Å². The zero-order valence-electron chi connectivity index (χ0n) is 12.4. The van der Waals surface area contributed by atoms with E-state index in [4.69, 9.17) is 0 Å². The molecule has 2 unspecified atom stereocenters. The van der Waals surface area contributed by atoms with Crippen molar-refractivity contribution < 1.29 is 0 Å².